The van der Waals surface area contributed by atoms with Gasteiger partial charge in [0, 0.05) is 43.2 Å². The molecule has 0 aliphatic carbocycles. The summed E-state index contributed by atoms with van der Waals surface area (Å²) in [5.41, 5.74) is 1.40. The van der Waals surface area contributed by atoms with Gasteiger partial charge in [0.15, 0.2) is 0 Å². The molecule has 2 amide bonds. The number of hydrogen-bond acceptors (Lipinski definition) is 2. The van der Waals surface area contributed by atoms with Crippen LogP contribution in [-0.2, 0) is 17.4 Å². The highest BCUT2D eigenvalue weighted by Crippen LogP contribution is 2.29. The number of aryl methyl sites for hydroxylation is 2. The van der Waals surface area contributed by atoms with E-state index in [0.29, 0.717) is 44.0 Å². The van der Waals surface area contributed by atoms with Crippen molar-refractivity contribution in [1.82, 2.24) is 9.80 Å². The Morgan fingerprint density at radius 2 is 1.57 bits per heavy atom. The Hall–Kier alpha value is -2.54. The lowest BCUT2D eigenvalue weighted by Gasteiger charge is -2.35. The van der Waals surface area contributed by atoms with Crippen molar-refractivity contribution >= 4 is 23.4 Å². The van der Waals surface area contributed by atoms with Gasteiger partial charge in [0.1, 0.15) is 0 Å². The summed E-state index contributed by atoms with van der Waals surface area (Å²) in [6.07, 6.45) is -3.49. The zero-order valence-electron chi connectivity index (χ0n) is 16.5. The fraction of sp³-hybridized carbons (Fsp3) is 0.364. The first-order valence-corrected chi connectivity index (χ1v) is 10.0. The van der Waals surface area contributed by atoms with E-state index in [0.717, 1.165) is 23.3 Å². The molecule has 3 rings (SSSR count). The van der Waals surface area contributed by atoms with E-state index >= 15 is 0 Å². The Labute approximate surface area is 178 Å². The Kier molecular flexibility index (Phi) is 6.71. The fourth-order valence-electron chi connectivity index (χ4n) is 3.34. The average molecular weight is 439 g/mol. The number of carbonyl (C=O) groups excluding carboxylic acids is 2. The van der Waals surface area contributed by atoms with Crippen molar-refractivity contribution in [2.24, 2.45) is 0 Å². The molecule has 0 radical (unpaired) electrons. The molecule has 0 spiro atoms. The number of nitrogens with zero attached hydrogens (tertiary/aromatic N) is 2. The van der Waals surface area contributed by atoms with Gasteiger partial charge in [0.2, 0.25) is 5.91 Å². The number of hydrogen-bond donors (Lipinski definition) is 0. The molecule has 0 saturated carbocycles. The van der Waals surface area contributed by atoms with Crippen LogP contribution in [0, 0.1) is 6.92 Å². The van der Waals surface area contributed by atoms with Crippen molar-refractivity contribution in [3.8, 4) is 0 Å². The SMILES string of the molecule is Cc1ccc(CCC(=O)N2CCN(C(=O)c3ccc(C(F)(F)F)cc3)CC2)cc1Cl. The van der Waals surface area contributed by atoms with Crippen LogP contribution in [-0.4, -0.2) is 47.8 Å². The third-order valence-corrected chi connectivity index (χ3v) is 5.65. The lowest BCUT2D eigenvalue weighted by atomic mass is 10.1. The number of carbonyl (C=O) groups is 2. The highest BCUT2D eigenvalue weighted by atomic mass is 35.5. The van der Waals surface area contributed by atoms with Crippen LogP contribution in [0.25, 0.3) is 0 Å². The molecule has 2 aromatic rings. The van der Waals surface area contributed by atoms with Gasteiger partial charge < -0.3 is 9.80 Å². The third kappa shape index (κ3) is 5.33. The number of halogens is 4. The van der Waals surface area contributed by atoms with E-state index in [-0.39, 0.29) is 17.4 Å². The highest BCUT2D eigenvalue weighted by molar-refractivity contribution is 6.31. The van der Waals surface area contributed by atoms with Crippen LogP contribution in [0.2, 0.25) is 5.02 Å². The summed E-state index contributed by atoms with van der Waals surface area (Å²) in [6, 6.07) is 9.94. The summed E-state index contributed by atoms with van der Waals surface area (Å²) in [5.74, 6) is -0.321. The predicted octanol–water partition coefficient (Wildman–Crippen LogP) is 4.58. The quantitative estimate of drug-likeness (QED) is 0.700. The van der Waals surface area contributed by atoms with Crippen LogP contribution in [0.5, 0.6) is 0 Å². The van der Waals surface area contributed by atoms with Crippen molar-refractivity contribution in [1.29, 1.82) is 0 Å². The molecule has 0 atom stereocenters. The molecule has 1 saturated heterocycles. The molecule has 0 aromatic heterocycles. The largest absolute Gasteiger partial charge is 0.416 e. The smallest absolute Gasteiger partial charge is 0.339 e. The number of rotatable bonds is 4. The van der Waals surface area contributed by atoms with Crippen LogP contribution in [0.4, 0.5) is 13.2 Å². The van der Waals surface area contributed by atoms with Crippen molar-refractivity contribution in [3.63, 3.8) is 0 Å². The Morgan fingerprint density at radius 3 is 2.13 bits per heavy atom. The van der Waals surface area contributed by atoms with Gasteiger partial charge in [-0.15, -0.1) is 0 Å². The van der Waals surface area contributed by atoms with Gasteiger partial charge in [-0.1, -0.05) is 23.7 Å². The molecule has 1 aliphatic heterocycles. The molecule has 1 aliphatic rings. The minimum absolute atomic E-state index is 0.00771. The van der Waals surface area contributed by atoms with Crippen molar-refractivity contribution < 1.29 is 22.8 Å². The second-order valence-corrected chi connectivity index (χ2v) is 7.74. The molecule has 1 heterocycles. The number of amides is 2. The molecule has 0 N–H and O–H groups in total. The molecular formula is C22H22ClF3N2O2. The van der Waals surface area contributed by atoms with Gasteiger partial charge >= 0.3 is 6.18 Å². The number of benzene rings is 2. The van der Waals surface area contributed by atoms with Gasteiger partial charge in [0.05, 0.1) is 5.56 Å². The zero-order valence-corrected chi connectivity index (χ0v) is 17.3. The first kappa shape index (κ1) is 22.2. The van der Waals surface area contributed by atoms with Crippen LogP contribution < -0.4 is 0 Å². The van der Waals surface area contributed by atoms with Crippen LogP contribution in [0.15, 0.2) is 42.5 Å². The van der Waals surface area contributed by atoms with E-state index in [9.17, 15) is 22.8 Å². The fourth-order valence-corrected chi connectivity index (χ4v) is 3.55. The lowest BCUT2D eigenvalue weighted by Crippen LogP contribution is -2.50. The molecule has 8 heteroatoms. The predicted molar refractivity (Wildman–Crippen MR) is 108 cm³/mol. The maximum Gasteiger partial charge on any atom is 0.416 e. The van der Waals surface area contributed by atoms with Gasteiger partial charge in [-0.05, 0) is 54.8 Å². The normalized spacial score (nSPS) is 14.7. The summed E-state index contributed by atoms with van der Waals surface area (Å²) in [7, 11) is 0. The monoisotopic (exact) mass is 438 g/mol. The lowest BCUT2D eigenvalue weighted by molar-refractivity contribution is -0.137. The maximum absolute atomic E-state index is 12.7. The standard InChI is InChI=1S/C22H22ClF3N2O2/c1-15-2-3-16(14-19(15)23)4-9-20(29)27-10-12-28(13-11-27)21(30)17-5-7-18(8-6-17)22(24,25)26/h2-3,5-8,14H,4,9-13H2,1H3. The summed E-state index contributed by atoms with van der Waals surface area (Å²) in [6.45, 7) is 3.42. The molecule has 1 fully saturated rings. The van der Waals surface area contributed by atoms with E-state index in [1.807, 2.05) is 25.1 Å². The minimum Gasteiger partial charge on any atom is -0.339 e. The van der Waals surface area contributed by atoms with E-state index in [2.05, 4.69) is 0 Å². The summed E-state index contributed by atoms with van der Waals surface area (Å²) in [5, 5.41) is 0.676. The minimum atomic E-state index is -4.43. The molecular weight excluding hydrogens is 417 g/mol. The van der Waals surface area contributed by atoms with E-state index in [4.69, 9.17) is 11.6 Å². The van der Waals surface area contributed by atoms with Gasteiger partial charge in [-0.3, -0.25) is 9.59 Å². The summed E-state index contributed by atoms with van der Waals surface area (Å²) >= 11 is 6.12. The van der Waals surface area contributed by atoms with E-state index in [1.54, 1.807) is 9.80 Å². The zero-order chi connectivity index (χ0) is 21.9. The highest BCUT2D eigenvalue weighted by Gasteiger charge is 2.31. The first-order valence-electron chi connectivity index (χ1n) is 9.64. The first-order chi connectivity index (χ1) is 14.1. The number of alkyl halides is 3. The summed E-state index contributed by atoms with van der Waals surface area (Å²) < 4.78 is 38.0. The Bertz CT molecular complexity index is 921. The molecule has 160 valence electrons. The third-order valence-electron chi connectivity index (χ3n) is 5.24. The molecule has 2 aromatic carbocycles. The maximum atomic E-state index is 12.7. The number of piperazine rings is 1. The van der Waals surface area contributed by atoms with Crippen LogP contribution in [0.1, 0.15) is 33.5 Å². The van der Waals surface area contributed by atoms with Crippen molar-refractivity contribution in [2.45, 2.75) is 25.9 Å². The second-order valence-electron chi connectivity index (χ2n) is 7.33. The Balaban J connectivity index is 1.50. The molecule has 4 nitrogen and oxygen atoms in total. The van der Waals surface area contributed by atoms with Crippen LogP contribution >= 0.6 is 11.6 Å². The van der Waals surface area contributed by atoms with Crippen molar-refractivity contribution in [2.75, 3.05) is 26.2 Å². The second kappa shape index (κ2) is 9.08. The molecule has 0 unspecified atom stereocenters. The van der Waals surface area contributed by atoms with E-state index in [1.165, 1.54) is 12.1 Å². The van der Waals surface area contributed by atoms with Gasteiger partial charge in [0.25, 0.3) is 5.91 Å². The topological polar surface area (TPSA) is 40.6 Å². The average Bonchev–Trinajstić information content (AvgIpc) is 2.73. The van der Waals surface area contributed by atoms with Gasteiger partial charge in [-0.25, -0.2) is 0 Å². The van der Waals surface area contributed by atoms with Crippen molar-refractivity contribution in [3.05, 3.63) is 69.7 Å². The van der Waals surface area contributed by atoms with Gasteiger partial charge in [-0.2, -0.15) is 13.2 Å². The summed E-state index contributed by atoms with van der Waals surface area (Å²) in [4.78, 5) is 28.3. The van der Waals surface area contributed by atoms with Crippen LogP contribution in [0.3, 0.4) is 0 Å². The Morgan fingerprint density at radius 1 is 0.967 bits per heavy atom. The van der Waals surface area contributed by atoms with E-state index < -0.39 is 11.7 Å². The molecule has 0 bridgehead atoms. The molecule has 30 heavy (non-hydrogen) atoms.